The van der Waals surface area contributed by atoms with Crippen molar-refractivity contribution in [3.8, 4) is 0 Å². The fourth-order valence-corrected chi connectivity index (χ4v) is 2.18. The Kier molecular flexibility index (Phi) is 3.71. The molecular formula is C7H9BrN2OS. The molecule has 0 aromatic carbocycles. The number of primary amides is 1. The van der Waals surface area contributed by atoms with Crippen LogP contribution in [0.2, 0.25) is 0 Å². The number of hydrogen-bond donors (Lipinski definition) is 2. The second kappa shape index (κ2) is 4.59. The number of carbonyl (C=O) groups is 1. The lowest BCUT2D eigenvalue weighted by Crippen LogP contribution is -2.27. The van der Waals surface area contributed by atoms with Gasteiger partial charge in [0.1, 0.15) is 0 Å². The van der Waals surface area contributed by atoms with Gasteiger partial charge in [-0.05, 0) is 22.0 Å². The van der Waals surface area contributed by atoms with Gasteiger partial charge < -0.3 is 11.1 Å². The van der Waals surface area contributed by atoms with E-state index in [9.17, 15) is 4.79 Å². The number of hydrogen-bond acceptors (Lipinski definition) is 3. The van der Waals surface area contributed by atoms with Gasteiger partial charge in [-0.1, -0.05) is 0 Å². The molecule has 0 spiro atoms. The second-order valence-electron chi connectivity index (χ2n) is 2.30. The molecule has 0 saturated carbocycles. The highest BCUT2D eigenvalue weighted by Crippen LogP contribution is 2.19. The summed E-state index contributed by atoms with van der Waals surface area (Å²) in [6.45, 7) is 0.925. The third kappa shape index (κ3) is 3.34. The fourth-order valence-electron chi connectivity index (χ4n) is 0.755. The van der Waals surface area contributed by atoms with Crippen LogP contribution >= 0.6 is 27.3 Å². The smallest absolute Gasteiger partial charge is 0.231 e. The number of carbonyl (C=O) groups excluding carboxylic acids is 1. The van der Waals surface area contributed by atoms with Crippen molar-refractivity contribution >= 4 is 33.2 Å². The van der Waals surface area contributed by atoms with E-state index in [2.05, 4.69) is 21.2 Å². The Morgan fingerprint density at radius 3 is 3.00 bits per heavy atom. The first-order valence-electron chi connectivity index (χ1n) is 3.40. The minimum Gasteiger partial charge on any atom is -0.369 e. The van der Waals surface area contributed by atoms with Gasteiger partial charge in [0.25, 0.3) is 0 Å². The molecule has 0 aliphatic rings. The topological polar surface area (TPSA) is 55.1 Å². The fraction of sp³-hybridized carbons (Fsp3) is 0.286. The summed E-state index contributed by atoms with van der Waals surface area (Å²) in [5, 5.41) is 4.93. The Hall–Kier alpha value is -0.390. The average Bonchev–Trinajstić information content (AvgIpc) is 2.35. The van der Waals surface area contributed by atoms with Gasteiger partial charge in [0.2, 0.25) is 5.91 Å². The predicted octanol–water partition coefficient (Wildman–Crippen LogP) is 1.09. The normalized spacial score (nSPS) is 10.1. The minimum atomic E-state index is -0.328. The zero-order valence-electron chi connectivity index (χ0n) is 6.34. The number of halogens is 1. The Bertz CT molecular complexity index is 274. The van der Waals surface area contributed by atoms with Crippen molar-refractivity contribution in [2.24, 2.45) is 5.73 Å². The first-order valence-corrected chi connectivity index (χ1v) is 5.07. The van der Waals surface area contributed by atoms with E-state index in [4.69, 9.17) is 5.73 Å². The van der Waals surface area contributed by atoms with E-state index in [0.29, 0.717) is 6.54 Å². The highest BCUT2D eigenvalue weighted by Gasteiger charge is 1.97. The van der Waals surface area contributed by atoms with Gasteiger partial charge in [0, 0.05) is 21.3 Å². The molecule has 0 atom stereocenters. The van der Waals surface area contributed by atoms with Crippen molar-refractivity contribution < 1.29 is 4.79 Å². The number of nitrogens with two attached hydrogens (primary N) is 1. The molecule has 0 radical (unpaired) electrons. The van der Waals surface area contributed by atoms with Crippen LogP contribution in [0.5, 0.6) is 0 Å². The van der Waals surface area contributed by atoms with E-state index in [-0.39, 0.29) is 12.5 Å². The van der Waals surface area contributed by atoms with Crippen LogP contribution in [0.25, 0.3) is 0 Å². The summed E-state index contributed by atoms with van der Waals surface area (Å²) in [6, 6.07) is 2.01. The van der Waals surface area contributed by atoms with Crippen molar-refractivity contribution in [1.29, 1.82) is 0 Å². The van der Waals surface area contributed by atoms with Crippen LogP contribution in [0.4, 0.5) is 0 Å². The molecule has 3 nitrogen and oxygen atoms in total. The third-order valence-corrected chi connectivity index (χ3v) is 2.92. The number of nitrogens with one attached hydrogen (secondary N) is 1. The van der Waals surface area contributed by atoms with E-state index in [1.165, 1.54) is 4.88 Å². The van der Waals surface area contributed by atoms with Crippen molar-refractivity contribution in [3.05, 3.63) is 20.8 Å². The lowest BCUT2D eigenvalue weighted by Gasteiger charge is -1.97. The zero-order valence-corrected chi connectivity index (χ0v) is 8.74. The maximum atomic E-state index is 10.3. The zero-order chi connectivity index (χ0) is 8.97. The summed E-state index contributed by atoms with van der Waals surface area (Å²) in [7, 11) is 0. The van der Waals surface area contributed by atoms with Crippen molar-refractivity contribution in [3.63, 3.8) is 0 Å². The van der Waals surface area contributed by atoms with Gasteiger partial charge in [-0.15, -0.1) is 11.3 Å². The molecule has 66 valence electrons. The summed E-state index contributed by atoms with van der Waals surface area (Å²) in [5.74, 6) is -0.328. The molecule has 0 unspecified atom stereocenters. The van der Waals surface area contributed by atoms with Gasteiger partial charge in [-0.25, -0.2) is 0 Å². The molecule has 1 heterocycles. The summed E-state index contributed by atoms with van der Waals surface area (Å²) in [6.07, 6.45) is 0. The highest BCUT2D eigenvalue weighted by molar-refractivity contribution is 9.10. The van der Waals surface area contributed by atoms with Crippen LogP contribution in [0.1, 0.15) is 4.88 Å². The van der Waals surface area contributed by atoms with Crippen LogP contribution in [-0.4, -0.2) is 12.5 Å². The first-order chi connectivity index (χ1) is 5.68. The van der Waals surface area contributed by atoms with E-state index in [0.717, 1.165) is 4.47 Å². The Morgan fingerprint density at radius 2 is 2.50 bits per heavy atom. The van der Waals surface area contributed by atoms with E-state index in [1.54, 1.807) is 11.3 Å². The largest absolute Gasteiger partial charge is 0.369 e. The molecular weight excluding hydrogens is 240 g/mol. The molecule has 12 heavy (non-hydrogen) atoms. The van der Waals surface area contributed by atoms with Crippen LogP contribution in [-0.2, 0) is 11.3 Å². The molecule has 1 aromatic rings. The van der Waals surface area contributed by atoms with Gasteiger partial charge in [0.05, 0.1) is 6.54 Å². The maximum Gasteiger partial charge on any atom is 0.231 e. The number of rotatable bonds is 4. The molecule has 0 bridgehead atoms. The van der Waals surface area contributed by atoms with Gasteiger partial charge in [-0.2, -0.15) is 0 Å². The van der Waals surface area contributed by atoms with Gasteiger partial charge in [-0.3, -0.25) is 4.79 Å². The molecule has 1 amide bonds. The molecule has 5 heteroatoms. The van der Waals surface area contributed by atoms with Crippen LogP contribution in [0.3, 0.4) is 0 Å². The molecule has 0 saturated heterocycles. The number of thiophene rings is 1. The number of amides is 1. The van der Waals surface area contributed by atoms with Crippen LogP contribution in [0, 0.1) is 0 Å². The minimum absolute atomic E-state index is 0.232. The molecule has 1 aromatic heterocycles. The van der Waals surface area contributed by atoms with Gasteiger partial charge >= 0.3 is 0 Å². The van der Waals surface area contributed by atoms with Crippen molar-refractivity contribution in [1.82, 2.24) is 5.32 Å². The summed E-state index contributed by atoms with van der Waals surface area (Å²) >= 11 is 4.98. The predicted molar refractivity (Wildman–Crippen MR) is 52.9 cm³/mol. The monoisotopic (exact) mass is 248 g/mol. The average molecular weight is 249 g/mol. The molecule has 1 rings (SSSR count). The van der Waals surface area contributed by atoms with E-state index >= 15 is 0 Å². The summed E-state index contributed by atoms with van der Waals surface area (Å²) < 4.78 is 1.07. The standard InChI is InChI=1S/C7H9BrN2OS/c8-5-1-6(12-4-5)2-10-3-7(9)11/h1,4,10H,2-3H2,(H2,9,11). The molecule has 3 N–H and O–H groups in total. The second-order valence-corrected chi connectivity index (χ2v) is 4.21. The summed E-state index contributed by atoms with van der Waals surface area (Å²) in [5.41, 5.74) is 4.95. The summed E-state index contributed by atoms with van der Waals surface area (Å²) in [4.78, 5) is 11.5. The van der Waals surface area contributed by atoms with Crippen molar-refractivity contribution in [2.75, 3.05) is 6.54 Å². The molecule has 0 fully saturated rings. The van der Waals surface area contributed by atoms with Crippen LogP contribution in [0.15, 0.2) is 15.9 Å². The molecule has 0 aliphatic heterocycles. The van der Waals surface area contributed by atoms with Crippen molar-refractivity contribution in [2.45, 2.75) is 6.54 Å². The lowest BCUT2D eigenvalue weighted by atomic mass is 10.4. The lowest BCUT2D eigenvalue weighted by molar-refractivity contribution is -0.117. The highest BCUT2D eigenvalue weighted by atomic mass is 79.9. The maximum absolute atomic E-state index is 10.3. The van der Waals surface area contributed by atoms with E-state index in [1.807, 2.05) is 11.4 Å². The molecule has 0 aliphatic carbocycles. The van der Waals surface area contributed by atoms with Crippen LogP contribution < -0.4 is 11.1 Å². The Morgan fingerprint density at radius 1 is 1.75 bits per heavy atom. The Balaban J connectivity index is 2.29. The Labute approximate surface area is 83.1 Å². The third-order valence-electron chi connectivity index (χ3n) is 1.22. The first kappa shape index (κ1) is 9.70. The quantitative estimate of drug-likeness (QED) is 0.839. The van der Waals surface area contributed by atoms with E-state index < -0.39 is 0 Å². The SMILES string of the molecule is NC(=O)CNCc1cc(Br)cs1. The van der Waals surface area contributed by atoms with Gasteiger partial charge in [0.15, 0.2) is 0 Å².